The molecule has 0 bridgehead atoms. The van der Waals surface area contributed by atoms with Crippen molar-refractivity contribution in [3.8, 4) is 5.75 Å². The molecule has 0 unspecified atom stereocenters. The molecule has 0 aliphatic heterocycles. The highest BCUT2D eigenvalue weighted by Gasteiger charge is 2.08. The van der Waals surface area contributed by atoms with Gasteiger partial charge in [0.1, 0.15) is 11.6 Å². The van der Waals surface area contributed by atoms with Gasteiger partial charge in [-0.15, -0.1) is 0 Å². The lowest BCUT2D eigenvalue weighted by Gasteiger charge is -2.22. The maximum Gasteiger partial charge on any atom is 0.229 e. The number of aryl methyl sites for hydroxylation is 1. The third-order valence-corrected chi connectivity index (χ3v) is 5.06. The average Bonchev–Trinajstić information content (AvgIpc) is 2.76. The van der Waals surface area contributed by atoms with Crippen molar-refractivity contribution in [3.05, 3.63) is 59.2 Å². The Morgan fingerprint density at radius 3 is 2.43 bits per heavy atom. The van der Waals surface area contributed by atoms with Gasteiger partial charge >= 0.3 is 0 Å². The first-order valence-electron chi connectivity index (χ1n) is 10.1. The van der Waals surface area contributed by atoms with Gasteiger partial charge in [-0.3, -0.25) is 0 Å². The second kappa shape index (κ2) is 10.2. The highest BCUT2D eigenvalue weighted by molar-refractivity contribution is 6.32. The third-order valence-electron chi connectivity index (χ3n) is 4.75. The lowest BCUT2D eigenvalue weighted by atomic mass is 10.2. The summed E-state index contributed by atoms with van der Waals surface area (Å²) in [7, 11) is 1.59. The Hall–Kier alpha value is -2.99. The molecule has 0 aliphatic rings. The molecule has 1 heterocycles. The van der Waals surface area contributed by atoms with Gasteiger partial charge < -0.3 is 20.3 Å². The van der Waals surface area contributed by atoms with Gasteiger partial charge in [-0.2, -0.15) is 4.98 Å². The number of halogens is 1. The van der Waals surface area contributed by atoms with Crippen LogP contribution in [0.1, 0.15) is 25.8 Å². The molecular weight excluding hydrogens is 398 g/mol. The van der Waals surface area contributed by atoms with Crippen molar-refractivity contribution in [1.82, 2.24) is 9.97 Å². The first-order valence-corrected chi connectivity index (χ1v) is 10.5. The summed E-state index contributed by atoms with van der Waals surface area (Å²) in [4.78, 5) is 11.4. The van der Waals surface area contributed by atoms with E-state index < -0.39 is 0 Å². The number of aromatic nitrogens is 2. The maximum absolute atomic E-state index is 6.11. The van der Waals surface area contributed by atoms with Crippen LogP contribution < -0.4 is 20.3 Å². The van der Waals surface area contributed by atoms with E-state index in [4.69, 9.17) is 16.3 Å². The van der Waals surface area contributed by atoms with Crippen molar-refractivity contribution in [2.24, 2.45) is 0 Å². The van der Waals surface area contributed by atoms with Crippen LogP contribution in [0, 0.1) is 6.92 Å². The monoisotopic (exact) mass is 425 g/mol. The minimum atomic E-state index is 0.526. The van der Waals surface area contributed by atoms with Crippen molar-refractivity contribution in [2.45, 2.75) is 27.2 Å². The van der Waals surface area contributed by atoms with E-state index in [0.717, 1.165) is 36.4 Å². The van der Waals surface area contributed by atoms with E-state index in [1.165, 1.54) is 5.69 Å². The summed E-state index contributed by atoms with van der Waals surface area (Å²) in [5.74, 6) is 1.85. The van der Waals surface area contributed by atoms with Gasteiger partial charge in [0.25, 0.3) is 0 Å². The minimum absolute atomic E-state index is 0.526. The molecule has 0 saturated heterocycles. The molecule has 3 rings (SSSR count). The van der Waals surface area contributed by atoms with Crippen LogP contribution in [0.4, 0.5) is 28.8 Å². The Labute approximate surface area is 183 Å². The van der Waals surface area contributed by atoms with E-state index >= 15 is 0 Å². The number of benzene rings is 2. The quantitative estimate of drug-likeness (QED) is 0.427. The normalized spacial score (nSPS) is 10.6. The first-order chi connectivity index (χ1) is 14.5. The molecule has 30 heavy (non-hydrogen) atoms. The highest BCUT2D eigenvalue weighted by Crippen LogP contribution is 2.29. The summed E-state index contributed by atoms with van der Waals surface area (Å²) >= 11 is 6.11. The summed E-state index contributed by atoms with van der Waals surface area (Å²) < 4.78 is 5.29. The molecule has 0 amide bonds. The SMILES string of the molecule is CCCN(CC)c1ccc(Nc2ncc(C)c(Nc3ccc(Cl)c(OC)c3)n2)cc1. The van der Waals surface area contributed by atoms with E-state index in [-0.39, 0.29) is 0 Å². The van der Waals surface area contributed by atoms with Gasteiger partial charge in [0.05, 0.1) is 12.1 Å². The molecule has 2 aromatic carbocycles. The lowest BCUT2D eigenvalue weighted by Crippen LogP contribution is -2.23. The van der Waals surface area contributed by atoms with E-state index in [1.54, 1.807) is 19.4 Å². The molecule has 2 N–H and O–H groups in total. The number of ether oxygens (including phenoxy) is 1. The molecule has 0 saturated carbocycles. The molecule has 0 atom stereocenters. The summed E-state index contributed by atoms with van der Waals surface area (Å²) in [6.07, 6.45) is 2.92. The molecule has 0 aliphatic carbocycles. The number of nitrogens with zero attached hydrogens (tertiary/aromatic N) is 3. The van der Waals surface area contributed by atoms with E-state index in [2.05, 4.69) is 51.5 Å². The van der Waals surface area contributed by atoms with Gasteiger partial charge in [0.15, 0.2) is 0 Å². The zero-order valence-corrected chi connectivity index (χ0v) is 18.6. The van der Waals surface area contributed by atoms with Gasteiger partial charge in [-0.25, -0.2) is 4.98 Å². The second-order valence-corrected chi connectivity index (χ2v) is 7.36. The Kier molecular flexibility index (Phi) is 7.36. The number of hydrogen-bond donors (Lipinski definition) is 2. The number of rotatable bonds is 9. The van der Waals surface area contributed by atoms with Crippen LogP contribution in [-0.2, 0) is 0 Å². The zero-order chi connectivity index (χ0) is 21.5. The van der Waals surface area contributed by atoms with E-state index in [0.29, 0.717) is 22.5 Å². The Balaban J connectivity index is 1.75. The van der Waals surface area contributed by atoms with Crippen molar-refractivity contribution >= 4 is 40.4 Å². The maximum atomic E-state index is 6.11. The predicted molar refractivity (Wildman–Crippen MR) is 126 cm³/mol. The van der Waals surface area contributed by atoms with E-state index in [1.807, 2.05) is 31.2 Å². The lowest BCUT2D eigenvalue weighted by molar-refractivity contribution is 0.415. The molecule has 0 spiro atoms. The topological polar surface area (TPSA) is 62.3 Å². The number of methoxy groups -OCH3 is 1. The fourth-order valence-electron chi connectivity index (χ4n) is 3.13. The smallest absolute Gasteiger partial charge is 0.229 e. The van der Waals surface area contributed by atoms with Crippen molar-refractivity contribution < 1.29 is 4.74 Å². The molecule has 1 aromatic heterocycles. The van der Waals surface area contributed by atoms with Crippen molar-refractivity contribution in [1.29, 1.82) is 0 Å². The highest BCUT2D eigenvalue weighted by atomic mass is 35.5. The van der Waals surface area contributed by atoms with Crippen LogP contribution in [0.25, 0.3) is 0 Å². The number of anilines is 5. The fraction of sp³-hybridized carbons (Fsp3) is 0.304. The Morgan fingerprint density at radius 2 is 1.77 bits per heavy atom. The Bertz CT molecular complexity index is 978. The second-order valence-electron chi connectivity index (χ2n) is 6.95. The van der Waals surface area contributed by atoms with Crippen LogP contribution in [0.3, 0.4) is 0 Å². The zero-order valence-electron chi connectivity index (χ0n) is 17.9. The van der Waals surface area contributed by atoms with Crippen LogP contribution in [-0.4, -0.2) is 30.2 Å². The standard InChI is InChI=1S/C23H28ClN5O/c1-5-13-29(6-2)19-10-7-17(8-11-19)27-23-25-15-16(3)22(28-23)26-18-9-12-20(24)21(14-18)30-4/h7-12,14-15H,5-6,13H2,1-4H3,(H2,25,26,27,28). The van der Waals surface area contributed by atoms with Crippen LogP contribution in [0.15, 0.2) is 48.7 Å². The van der Waals surface area contributed by atoms with Gasteiger partial charge in [0, 0.05) is 48.0 Å². The summed E-state index contributed by atoms with van der Waals surface area (Å²) in [6.45, 7) is 8.37. The largest absolute Gasteiger partial charge is 0.495 e. The van der Waals surface area contributed by atoms with Crippen molar-refractivity contribution in [3.63, 3.8) is 0 Å². The van der Waals surface area contributed by atoms with Gasteiger partial charge in [-0.05, 0) is 56.7 Å². The summed E-state index contributed by atoms with van der Waals surface area (Å²) in [5, 5.41) is 7.15. The van der Waals surface area contributed by atoms with Crippen LogP contribution in [0.2, 0.25) is 5.02 Å². The fourth-order valence-corrected chi connectivity index (χ4v) is 3.32. The van der Waals surface area contributed by atoms with Gasteiger partial charge in [-0.1, -0.05) is 18.5 Å². The van der Waals surface area contributed by atoms with Crippen LogP contribution in [0.5, 0.6) is 5.75 Å². The molecular formula is C23H28ClN5O. The summed E-state index contributed by atoms with van der Waals surface area (Å²) in [6, 6.07) is 13.9. The molecule has 0 fully saturated rings. The molecule has 158 valence electrons. The molecule has 6 nitrogen and oxygen atoms in total. The predicted octanol–water partition coefficient (Wildman–Crippen LogP) is 6.17. The van der Waals surface area contributed by atoms with Crippen LogP contribution >= 0.6 is 11.6 Å². The minimum Gasteiger partial charge on any atom is -0.495 e. The van der Waals surface area contributed by atoms with Crippen molar-refractivity contribution in [2.75, 3.05) is 35.7 Å². The molecule has 7 heteroatoms. The number of nitrogens with one attached hydrogen (secondary N) is 2. The first kappa shape index (κ1) is 21.7. The van der Waals surface area contributed by atoms with Gasteiger partial charge in [0.2, 0.25) is 5.95 Å². The molecule has 0 radical (unpaired) electrons. The average molecular weight is 426 g/mol. The van der Waals surface area contributed by atoms with E-state index in [9.17, 15) is 0 Å². The molecule has 3 aromatic rings. The summed E-state index contributed by atoms with van der Waals surface area (Å²) in [5.41, 5.74) is 3.93. The third kappa shape index (κ3) is 5.33. The Morgan fingerprint density at radius 1 is 1.03 bits per heavy atom. The number of hydrogen-bond acceptors (Lipinski definition) is 6.